The predicted molar refractivity (Wildman–Crippen MR) is 59.5 cm³/mol. The Balaban J connectivity index is 3.08. The van der Waals surface area contributed by atoms with E-state index in [1.54, 1.807) is 19.9 Å². The minimum Gasteiger partial charge on any atom is -0.363 e. The molecule has 1 aromatic carbocycles. The molecule has 0 heterocycles. The average molecular weight is 297 g/mol. The molecule has 0 fully saturated rings. The van der Waals surface area contributed by atoms with Crippen LogP contribution in [0, 0.1) is 6.92 Å². The van der Waals surface area contributed by atoms with Gasteiger partial charge in [-0.3, -0.25) is 0 Å². The highest BCUT2D eigenvalue weighted by molar-refractivity contribution is 9.09. The van der Waals surface area contributed by atoms with Gasteiger partial charge in [0.15, 0.2) is 0 Å². The van der Waals surface area contributed by atoms with Crippen molar-refractivity contribution < 1.29 is 17.9 Å². The minimum absolute atomic E-state index is 0.295. The van der Waals surface area contributed by atoms with Gasteiger partial charge < -0.3 is 4.74 Å². The normalized spacial score (nSPS) is 13.9. The van der Waals surface area contributed by atoms with E-state index >= 15 is 0 Å². The molecule has 1 atom stereocenters. The van der Waals surface area contributed by atoms with Crippen molar-refractivity contribution in [3.8, 4) is 0 Å². The van der Waals surface area contributed by atoms with Crippen molar-refractivity contribution in [2.24, 2.45) is 0 Å². The number of alkyl halides is 4. The number of hydrogen-bond donors (Lipinski definition) is 0. The van der Waals surface area contributed by atoms with E-state index in [4.69, 9.17) is 4.74 Å². The lowest BCUT2D eigenvalue weighted by molar-refractivity contribution is -0.137. The van der Waals surface area contributed by atoms with Crippen LogP contribution in [0.25, 0.3) is 0 Å². The Labute approximate surface area is 101 Å². The second-order valence-electron chi connectivity index (χ2n) is 3.55. The predicted octanol–water partition coefficient (Wildman–Crippen LogP) is 4.44. The van der Waals surface area contributed by atoms with E-state index in [2.05, 4.69) is 15.9 Å². The highest BCUT2D eigenvalue weighted by Crippen LogP contribution is 2.32. The SMILES string of the molecule is Cc1cc([C@@H](C)OCBr)cc(C(F)(F)F)c1. The number of halogens is 4. The first-order chi connectivity index (χ1) is 7.34. The molecule has 0 aliphatic carbocycles. The summed E-state index contributed by atoms with van der Waals surface area (Å²) in [5, 5.41) is 0. The second kappa shape index (κ2) is 5.19. The van der Waals surface area contributed by atoms with Crippen molar-refractivity contribution in [2.75, 3.05) is 5.52 Å². The third kappa shape index (κ3) is 3.49. The molecule has 1 aromatic rings. The minimum atomic E-state index is -4.31. The average Bonchev–Trinajstić information content (AvgIpc) is 2.16. The van der Waals surface area contributed by atoms with Gasteiger partial charge in [-0.25, -0.2) is 0 Å². The molecular weight excluding hydrogens is 285 g/mol. The Morgan fingerprint density at radius 1 is 1.31 bits per heavy atom. The van der Waals surface area contributed by atoms with Crippen molar-refractivity contribution in [3.63, 3.8) is 0 Å². The first kappa shape index (κ1) is 13.5. The maximum Gasteiger partial charge on any atom is 0.416 e. The molecule has 0 radical (unpaired) electrons. The van der Waals surface area contributed by atoms with Gasteiger partial charge >= 0.3 is 6.18 Å². The van der Waals surface area contributed by atoms with Crippen molar-refractivity contribution in [3.05, 3.63) is 34.9 Å². The number of rotatable bonds is 3. The van der Waals surface area contributed by atoms with Crippen molar-refractivity contribution in [1.82, 2.24) is 0 Å². The third-order valence-corrected chi connectivity index (χ3v) is 2.47. The maximum absolute atomic E-state index is 12.5. The summed E-state index contributed by atoms with van der Waals surface area (Å²) in [5.41, 5.74) is 0.776. The van der Waals surface area contributed by atoms with Gasteiger partial charge in [-0.1, -0.05) is 27.6 Å². The fourth-order valence-corrected chi connectivity index (χ4v) is 1.80. The van der Waals surface area contributed by atoms with Crippen LogP contribution < -0.4 is 0 Å². The molecule has 0 aliphatic rings. The molecule has 0 saturated heterocycles. The number of ether oxygens (including phenoxy) is 1. The number of aryl methyl sites for hydroxylation is 1. The number of hydrogen-bond acceptors (Lipinski definition) is 1. The zero-order valence-corrected chi connectivity index (χ0v) is 10.5. The summed E-state index contributed by atoms with van der Waals surface area (Å²) < 4.78 is 42.8. The molecule has 90 valence electrons. The summed E-state index contributed by atoms with van der Waals surface area (Å²) in [5.74, 6) is 0. The van der Waals surface area contributed by atoms with Crippen LogP contribution >= 0.6 is 15.9 Å². The molecule has 0 saturated carbocycles. The van der Waals surface area contributed by atoms with Crippen LogP contribution in [0.4, 0.5) is 13.2 Å². The maximum atomic E-state index is 12.5. The number of benzene rings is 1. The Kier molecular flexibility index (Phi) is 4.38. The zero-order valence-electron chi connectivity index (χ0n) is 8.94. The van der Waals surface area contributed by atoms with E-state index in [0.717, 1.165) is 12.1 Å². The molecule has 0 aliphatic heterocycles. The molecule has 0 unspecified atom stereocenters. The molecule has 0 amide bonds. The molecule has 0 aromatic heterocycles. The molecule has 1 rings (SSSR count). The van der Waals surface area contributed by atoms with Crippen LogP contribution in [0.2, 0.25) is 0 Å². The van der Waals surface area contributed by atoms with Crippen LogP contribution in [0.1, 0.15) is 29.7 Å². The standard InChI is InChI=1S/C11H12BrF3O/c1-7-3-9(8(2)16-6-12)5-10(4-7)11(13,14)15/h3-5,8H,6H2,1-2H3/t8-/m1/s1. The molecule has 0 spiro atoms. The summed E-state index contributed by atoms with van der Waals surface area (Å²) in [6.45, 7) is 3.36. The van der Waals surface area contributed by atoms with Gasteiger partial charge in [-0.05, 0) is 31.5 Å². The van der Waals surface area contributed by atoms with Gasteiger partial charge in [-0.2, -0.15) is 13.2 Å². The van der Waals surface area contributed by atoms with Crippen molar-refractivity contribution >= 4 is 15.9 Å². The van der Waals surface area contributed by atoms with Gasteiger partial charge in [0.1, 0.15) is 5.52 Å². The van der Waals surface area contributed by atoms with Gasteiger partial charge in [-0.15, -0.1) is 0 Å². The lowest BCUT2D eigenvalue weighted by Gasteiger charge is -2.15. The van der Waals surface area contributed by atoms with Gasteiger partial charge in [0.25, 0.3) is 0 Å². The Hall–Kier alpha value is -0.550. The molecular formula is C11H12BrF3O. The van der Waals surface area contributed by atoms with Gasteiger partial charge in [0.2, 0.25) is 0 Å². The van der Waals surface area contributed by atoms with E-state index in [9.17, 15) is 13.2 Å². The van der Waals surface area contributed by atoms with E-state index in [0.29, 0.717) is 16.6 Å². The van der Waals surface area contributed by atoms with E-state index in [-0.39, 0.29) is 6.10 Å². The second-order valence-corrected chi connectivity index (χ2v) is 4.01. The fraction of sp³-hybridized carbons (Fsp3) is 0.455. The molecule has 0 bridgehead atoms. The van der Waals surface area contributed by atoms with Crippen molar-refractivity contribution in [1.29, 1.82) is 0 Å². The van der Waals surface area contributed by atoms with Crippen LogP contribution in [0.15, 0.2) is 18.2 Å². The smallest absolute Gasteiger partial charge is 0.363 e. The third-order valence-electron chi connectivity index (χ3n) is 2.21. The largest absolute Gasteiger partial charge is 0.416 e. The first-order valence-electron chi connectivity index (χ1n) is 4.71. The summed E-state index contributed by atoms with van der Waals surface area (Å²) in [7, 11) is 0. The molecule has 0 N–H and O–H groups in total. The Bertz CT molecular complexity index is 363. The van der Waals surface area contributed by atoms with Crippen molar-refractivity contribution in [2.45, 2.75) is 26.1 Å². The topological polar surface area (TPSA) is 9.23 Å². The Morgan fingerprint density at radius 3 is 2.44 bits per heavy atom. The molecule has 5 heteroatoms. The molecule has 16 heavy (non-hydrogen) atoms. The summed E-state index contributed by atoms with van der Waals surface area (Å²) in [4.78, 5) is 0. The lowest BCUT2D eigenvalue weighted by atomic mass is 10.0. The van der Waals surface area contributed by atoms with Crippen LogP contribution in [-0.2, 0) is 10.9 Å². The van der Waals surface area contributed by atoms with E-state index in [1.807, 2.05) is 0 Å². The Morgan fingerprint density at radius 2 is 1.94 bits per heavy atom. The van der Waals surface area contributed by atoms with Crippen LogP contribution in [0.3, 0.4) is 0 Å². The fourth-order valence-electron chi connectivity index (χ4n) is 1.40. The molecule has 1 nitrogen and oxygen atoms in total. The highest BCUT2D eigenvalue weighted by atomic mass is 79.9. The van der Waals surface area contributed by atoms with Crippen LogP contribution in [-0.4, -0.2) is 5.52 Å². The zero-order chi connectivity index (χ0) is 12.3. The summed E-state index contributed by atoms with van der Waals surface area (Å²) >= 11 is 3.08. The highest BCUT2D eigenvalue weighted by Gasteiger charge is 2.31. The van der Waals surface area contributed by atoms with E-state index < -0.39 is 11.7 Å². The van der Waals surface area contributed by atoms with E-state index in [1.165, 1.54) is 0 Å². The summed E-state index contributed by atoms with van der Waals surface area (Å²) in [6, 6.07) is 3.95. The monoisotopic (exact) mass is 296 g/mol. The van der Waals surface area contributed by atoms with Crippen LogP contribution in [0.5, 0.6) is 0 Å². The summed E-state index contributed by atoms with van der Waals surface area (Å²) in [6.07, 6.45) is -4.67. The van der Waals surface area contributed by atoms with Gasteiger partial charge in [0, 0.05) is 0 Å². The van der Waals surface area contributed by atoms with Gasteiger partial charge in [0.05, 0.1) is 11.7 Å². The lowest BCUT2D eigenvalue weighted by Crippen LogP contribution is -2.08. The first-order valence-corrected chi connectivity index (χ1v) is 5.83. The quantitative estimate of drug-likeness (QED) is 0.749.